The third-order valence-corrected chi connectivity index (χ3v) is 3.46. The molecule has 23 heavy (non-hydrogen) atoms. The molecule has 1 aromatic carbocycles. The zero-order valence-electron chi connectivity index (χ0n) is 13.7. The third kappa shape index (κ3) is 3.62. The minimum atomic E-state index is -0.700. The van der Waals surface area contributed by atoms with Gasteiger partial charge >= 0.3 is 0 Å². The van der Waals surface area contributed by atoms with Crippen LogP contribution >= 0.6 is 0 Å². The molecule has 0 radical (unpaired) electrons. The molecule has 2 rings (SSSR count). The summed E-state index contributed by atoms with van der Waals surface area (Å²) >= 11 is 0. The van der Waals surface area contributed by atoms with E-state index < -0.39 is 6.10 Å². The number of nitrogens with zero attached hydrogens (tertiary/aromatic N) is 2. The number of benzene rings is 1. The van der Waals surface area contributed by atoms with Gasteiger partial charge in [0.2, 0.25) is 5.95 Å². The Hall–Kier alpha value is -2.54. The van der Waals surface area contributed by atoms with E-state index in [9.17, 15) is 5.11 Å². The molecule has 5 N–H and O–H groups in total. The van der Waals surface area contributed by atoms with Crippen molar-refractivity contribution >= 4 is 11.8 Å². The highest BCUT2D eigenvalue weighted by molar-refractivity contribution is 5.53. The van der Waals surface area contributed by atoms with Crippen molar-refractivity contribution in [3.05, 3.63) is 29.5 Å². The second-order valence-electron chi connectivity index (χ2n) is 5.54. The molecule has 0 bridgehead atoms. The van der Waals surface area contributed by atoms with Crippen LogP contribution in [-0.2, 0) is 0 Å². The topological polar surface area (TPSA) is 117 Å². The summed E-state index contributed by atoms with van der Waals surface area (Å²) in [6.45, 7) is 5.73. The Morgan fingerprint density at radius 1 is 1.04 bits per heavy atom. The van der Waals surface area contributed by atoms with Crippen LogP contribution in [0.15, 0.2) is 18.3 Å². The van der Waals surface area contributed by atoms with Crippen LogP contribution in [0.1, 0.15) is 43.9 Å². The molecule has 7 heteroatoms. The van der Waals surface area contributed by atoms with Gasteiger partial charge in [-0.25, -0.2) is 4.98 Å². The first-order chi connectivity index (χ1) is 10.8. The number of aromatic nitrogens is 2. The molecule has 1 atom stereocenters. The second-order valence-corrected chi connectivity index (χ2v) is 5.54. The molecular weight excluding hydrogens is 296 g/mol. The Morgan fingerprint density at radius 3 is 2.22 bits per heavy atom. The number of hydrogen-bond donors (Lipinski definition) is 3. The highest BCUT2D eigenvalue weighted by Gasteiger charge is 2.18. The van der Waals surface area contributed by atoms with Gasteiger partial charge in [0, 0.05) is 11.1 Å². The molecular formula is C16H22N4O3. The number of ether oxygens (including phenoxy) is 2. The smallest absolute Gasteiger partial charge is 0.222 e. The van der Waals surface area contributed by atoms with Gasteiger partial charge in [0.15, 0.2) is 11.6 Å². The van der Waals surface area contributed by atoms with E-state index in [1.54, 1.807) is 20.1 Å². The zero-order valence-corrected chi connectivity index (χ0v) is 13.7. The van der Waals surface area contributed by atoms with Crippen molar-refractivity contribution in [1.82, 2.24) is 9.97 Å². The normalized spacial score (nSPS) is 12.3. The van der Waals surface area contributed by atoms with Gasteiger partial charge in [-0.05, 0) is 25.0 Å². The quantitative estimate of drug-likeness (QED) is 0.775. The van der Waals surface area contributed by atoms with Gasteiger partial charge in [-0.2, -0.15) is 4.98 Å². The van der Waals surface area contributed by atoms with Crippen molar-refractivity contribution in [2.24, 2.45) is 0 Å². The van der Waals surface area contributed by atoms with Crippen LogP contribution < -0.4 is 20.9 Å². The van der Waals surface area contributed by atoms with Crippen molar-refractivity contribution in [1.29, 1.82) is 0 Å². The average Bonchev–Trinajstić information content (AvgIpc) is 2.49. The minimum absolute atomic E-state index is 0.0818. The monoisotopic (exact) mass is 318 g/mol. The fraction of sp³-hybridized carbons (Fsp3) is 0.375. The van der Waals surface area contributed by atoms with Gasteiger partial charge in [-0.1, -0.05) is 13.8 Å². The van der Waals surface area contributed by atoms with Gasteiger partial charge in [0.1, 0.15) is 11.5 Å². The lowest BCUT2D eigenvalue weighted by Gasteiger charge is -2.19. The Balaban J connectivity index is 2.52. The summed E-state index contributed by atoms with van der Waals surface area (Å²) < 4.78 is 11.2. The summed E-state index contributed by atoms with van der Waals surface area (Å²) in [5, 5.41) is 9.95. The molecule has 1 aromatic heterocycles. The third-order valence-electron chi connectivity index (χ3n) is 3.46. The summed E-state index contributed by atoms with van der Waals surface area (Å²) in [6.07, 6.45) is 0.724. The zero-order chi connectivity index (χ0) is 17.1. The Labute approximate surface area is 135 Å². The Bertz CT molecular complexity index is 702. The van der Waals surface area contributed by atoms with E-state index in [1.165, 1.54) is 6.20 Å². The van der Waals surface area contributed by atoms with Crippen LogP contribution in [0.5, 0.6) is 17.2 Å². The van der Waals surface area contributed by atoms with E-state index in [0.717, 1.165) is 5.56 Å². The lowest BCUT2D eigenvalue weighted by atomic mass is 9.97. The molecule has 0 aliphatic rings. The highest BCUT2D eigenvalue weighted by Crippen LogP contribution is 2.39. The first kappa shape index (κ1) is 16.8. The number of aliphatic hydroxyl groups is 1. The number of methoxy groups -OCH3 is 1. The molecule has 0 amide bonds. The van der Waals surface area contributed by atoms with E-state index in [-0.39, 0.29) is 17.7 Å². The van der Waals surface area contributed by atoms with Crippen molar-refractivity contribution in [2.75, 3.05) is 18.6 Å². The molecule has 1 heterocycles. The van der Waals surface area contributed by atoms with Gasteiger partial charge in [-0.15, -0.1) is 0 Å². The second kappa shape index (κ2) is 6.70. The largest absolute Gasteiger partial charge is 0.496 e. The van der Waals surface area contributed by atoms with Crippen molar-refractivity contribution in [3.8, 4) is 17.2 Å². The van der Waals surface area contributed by atoms with Crippen LogP contribution in [0.25, 0.3) is 0 Å². The summed E-state index contributed by atoms with van der Waals surface area (Å²) in [7, 11) is 1.57. The number of nitrogen functional groups attached to an aromatic ring is 2. The van der Waals surface area contributed by atoms with E-state index in [2.05, 4.69) is 9.97 Å². The number of aliphatic hydroxyl groups excluding tert-OH is 1. The molecule has 1 unspecified atom stereocenters. The fourth-order valence-electron chi connectivity index (χ4n) is 2.23. The van der Waals surface area contributed by atoms with E-state index in [0.29, 0.717) is 22.8 Å². The minimum Gasteiger partial charge on any atom is -0.496 e. The predicted molar refractivity (Wildman–Crippen MR) is 88.6 cm³/mol. The maximum atomic E-state index is 9.95. The number of anilines is 2. The molecule has 2 aromatic rings. The number of rotatable bonds is 5. The molecule has 0 saturated carbocycles. The Morgan fingerprint density at radius 2 is 1.70 bits per heavy atom. The summed E-state index contributed by atoms with van der Waals surface area (Å²) in [5.74, 6) is 1.90. The first-order valence-electron chi connectivity index (χ1n) is 7.29. The van der Waals surface area contributed by atoms with Crippen molar-refractivity contribution in [2.45, 2.75) is 32.8 Å². The summed E-state index contributed by atoms with van der Waals surface area (Å²) in [5.41, 5.74) is 12.9. The maximum Gasteiger partial charge on any atom is 0.222 e. The SMILES string of the molecule is COc1cc(C(C)C)c(Oc2cnc(N)nc2N)cc1C(C)O. The molecule has 0 spiro atoms. The summed E-state index contributed by atoms with van der Waals surface area (Å²) in [4.78, 5) is 7.77. The van der Waals surface area contributed by atoms with Gasteiger partial charge in [-0.3, -0.25) is 0 Å². The van der Waals surface area contributed by atoms with Crippen LogP contribution in [0.4, 0.5) is 11.8 Å². The van der Waals surface area contributed by atoms with E-state index >= 15 is 0 Å². The molecule has 0 saturated heterocycles. The van der Waals surface area contributed by atoms with Gasteiger partial charge in [0.05, 0.1) is 19.4 Å². The first-order valence-corrected chi connectivity index (χ1v) is 7.29. The van der Waals surface area contributed by atoms with E-state index in [1.807, 2.05) is 19.9 Å². The standard InChI is InChI=1S/C16H22N4O3/c1-8(2)10-5-12(22-4)11(9(3)21)6-13(10)23-14-7-19-16(18)20-15(14)17/h5-9,21H,1-4H3,(H4,17,18,19,20). The van der Waals surface area contributed by atoms with Crippen LogP contribution in [0.3, 0.4) is 0 Å². The average molecular weight is 318 g/mol. The van der Waals surface area contributed by atoms with Crippen molar-refractivity contribution < 1.29 is 14.6 Å². The van der Waals surface area contributed by atoms with Crippen LogP contribution in [-0.4, -0.2) is 22.2 Å². The van der Waals surface area contributed by atoms with Gasteiger partial charge in [0.25, 0.3) is 0 Å². The molecule has 0 fully saturated rings. The summed E-state index contributed by atoms with van der Waals surface area (Å²) in [6, 6.07) is 3.60. The van der Waals surface area contributed by atoms with Gasteiger partial charge < -0.3 is 26.0 Å². The molecule has 7 nitrogen and oxygen atoms in total. The maximum absolute atomic E-state index is 9.95. The number of hydrogen-bond acceptors (Lipinski definition) is 7. The Kier molecular flexibility index (Phi) is 4.90. The van der Waals surface area contributed by atoms with Crippen LogP contribution in [0, 0.1) is 0 Å². The molecule has 124 valence electrons. The predicted octanol–water partition coefficient (Wildman–Crippen LogP) is 2.62. The van der Waals surface area contributed by atoms with Crippen molar-refractivity contribution in [3.63, 3.8) is 0 Å². The van der Waals surface area contributed by atoms with E-state index in [4.69, 9.17) is 20.9 Å². The molecule has 0 aliphatic heterocycles. The fourth-order valence-corrected chi connectivity index (χ4v) is 2.23. The lowest BCUT2D eigenvalue weighted by molar-refractivity contribution is 0.194. The molecule has 0 aliphatic carbocycles. The van der Waals surface area contributed by atoms with Crippen LogP contribution in [0.2, 0.25) is 0 Å². The lowest BCUT2D eigenvalue weighted by Crippen LogP contribution is -2.04. The number of nitrogens with two attached hydrogens (primary N) is 2. The highest BCUT2D eigenvalue weighted by atomic mass is 16.5.